The summed E-state index contributed by atoms with van der Waals surface area (Å²) in [6.07, 6.45) is -0.279. The lowest BCUT2D eigenvalue weighted by atomic mass is 10.0. The SMILES string of the molecule is CCOC[C@@H]1CC(F)(F)CN1C(=O)C1CNC1. The van der Waals surface area contributed by atoms with Crippen LogP contribution >= 0.6 is 0 Å². The molecule has 0 aliphatic carbocycles. The molecule has 0 radical (unpaired) electrons. The molecule has 4 nitrogen and oxygen atoms in total. The van der Waals surface area contributed by atoms with Crippen LogP contribution in [-0.4, -0.2) is 55.6 Å². The van der Waals surface area contributed by atoms with Gasteiger partial charge in [-0.3, -0.25) is 4.79 Å². The number of carbonyl (C=O) groups excluding carboxylic acids is 1. The number of hydrogen-bond donors (Lipinski definition) is 1. The molecule has 0 aromatic carbocycles. The number of rotatable bonds is 4. The standard InChI is InChI=1S/C11H18F2N2O2/c1-2-17-6-9-3-11(12,13)7-15(9)10(16)8-4-14-5-8/h8-9,14H,2-7H2,1H3/t9-/m0/s1. The van der Waals surface area contributed by atoms with Crippen LogP contribution in [-0.2, 0) is 9.53 Å². The first-order valence-electron chi connectivity index (χ1n) is 6.00. The van der Waals surface area contributed by atoms with Gasteiger partial charge < -0.3 is 15.0 Å². The van der Waals surface area contributed by atoms with Gasteiger partial charge >= 0.3 is 0 Å². The minimum atomic E-state index is -2.77. The average Bonchev–Trinajstić information content (AvgIpc) is 2.48. The summed E-state index contributed by atoms with van der Waals surface area (Å²) >= 11 is 0. The van der Waals surface area contributed by atoms with Crippen LogP contribution in [0.1, 0.15) is 13.3 Å². The van der Waals surface area contributed by atoms with Gasteiger partial charge in [0.2, 0.25) is 5.91 Å². The zero-order chi connectivity index (χ0) is 12.5. The van der Waals surface area contributed by atoms with Crippen molar-refractivity contribution in [3.05, 3.63) is 0 Å². The largest absolute Gasteiger partial charge is 0.380 e. The predicted octanol–water partition coefficient (Wildman–Crippen LogP) is 0.478. The van der Waals surface area contributed by atoms with Gasteiger partial charge in [0.15, 0.2) is 0 Å². The van der Waals surface area contributed by atoms with Crippen molar-refractivity contribution in [1.29, 1.82) is 0 Å². The Morgan fingerprint density at radius 3 is 2.76 bits per heavy atom. The summed E-state index contributed by atoms with van der Waals surface area (Å²) in [5.41, 5.74) is 0. The normalized spacial score (nSPS) is 28.2. The number of hydrogen-bond acceptors (Lipinski definition) is 3. The van der Waals surface area contributed by atoms with Crippen molar-refractivity contribution in [2.75, 3.05) is 32.8 Å². The maximum Gasteiger partial charge on any atom is 0.267 e. The van der Waals surface area contributed by atoms with Crippen LogP contribution in [0.4, 0.5) is 8.78 Å². The summed E-state index contributed by atoms with van der Waals surface area (Å²) in [5, 5.41) is 2.98. The Balaban J connectivity index is 1.98. The molecule has 98 valence electrons. The van der Waals surface area contributed by atoms with Crippen molar-refractivity contribution in [2.24, 2.45) is 5.92 Å². The van der Waals surface area contributed by atoms with Gasteiger partial charge in [0.1, 0.15) is 0 Å². The Bertz CT molecular complexity index is 295. The number of alkyl halides is 2. The lowest BCUT2D eigenvalue weighted by molar-refractivity contribution is -0.140. The van der Waals surface area contributed by atoms with Crippen LogP contribution in [0.15, 0.2) is 0 Å². The third-order valence-corrected chi connectivity index (χ3v) is 3.30. The summed E-state index contributed by atoms with van der Waals surface area (Å²) in [6.45, 7) is 3.24. The molecule has 2 fully saturated rings. The van der Waals surface area contributed by atoms with Gasteiger partial charge in [0, 0.05) is 26.1 Å². The van der Waals surface area contributed by atoms with Crippen LogP contribution in [0, 0.1) is 5.92 Å². The molecule has 2 aliphatic heterocycles. The van der Waals surface area contributed by atoms with E-state index in [0.29, 0.717) is 19.7 Å². The van der Waals surface area contributed by atoms with Gasteiger partial charge in [-0.1, -0.05) is 0 Å². The van der Waals surface area contributed by atoms with E-state index in [4.69, 9.17) is 4.74 Å². The van der Waals surface area contributed by atoms with E-state index < -0.39 is 18.5 Å². The zero-order valence-corrected chi connectivity index (χ0v) is 9.92. The quantitative estimate of drug-likeness (QED) is 0.786. The Labute approximate surface area is 99.3 Å². The lowest BCUT2D eigenvalue weighted by Gasteiger charge is -2.33. The molecular weight excluding hydrogens is 230 g/mol. The number of carbonyl (C=O) groups is 1. The number of nitrogens with one attached hydrogen (secondary N) is 1. The van der Waals surface area contributed by atoms with Gasteiger partial charge in [0.25, 0.3) is 5.92 Å². The Hall–Kier alpha value is -0.750. The molecule has 0 unspecified atom stereocenters. The second-order valence-electron chi connectivity index (χ2n) is 4.69. The molecule has 1 amide bonds. The van der Waals surface area contributed by atoms with E-state index in [1.54, 1.807) is 0 Å². The molecule has 0 spiro atoms. The minimum Gasteiger partial charge on any atom is -0.380 e. The van der Waals surface area contributed by atoms with E-state index in [-0.39, 0.29) is 24.9 Å². The van der Waals surface area contributed by atoms with E-state index >= 15 is 0 Å². The second kappa shape index (κ2) is 4.86. The Morgan fingerprint density at radius 1 is 1.53 bits per heavy atom. The highest BCUT2D eigenvalue weighted by Gasteiger charge is 2.48. The average molecular weight is 248 g/mol. The first-order chi connectivity index (χ1) is 8.03. The summed E-state index contributed by atoms with van der Waals surface area (Å²) in [4.78, 5) is 13.3. The fraction of sp³-hybridized carbons (Fsp3) is 0.909. The lowest BCUT2D eigenvalue weighted by Crippen LogP contribution is -2.53. The molecule has 2 aliphatic rings. The van der Waals surface area contributed by atoms with E-state index in [2.05, 4.69) is 5.32 Å². The van der Waals surface area contributed by atoms with E-state index in [1.165, 1.54) is 4.90 Å². The Morgan fingerprint density at radius 2 is 2.24 bits per heavy atom. The number of ether oxygens (including phenoxy) is 1. The van der Waals surface area contributed by atoms with Crippen LogP contribution in [0.3, 0.4) is 0 Å². The van der Waals surface area contributed by atoms with Gasteiger partial charge in [-0.05, 0) is 6.92 Å². The van der Waals surface area contributed by atoms with E-state index in [1.807, 2.05) is 6.92 Å². The molecule has 0 saturated carbocycles. The van der Waals surface area contributed by atoms with Crippen molar-refractivity contribution in [3.8, 4) is 0 Å². The smallest absolute Gasteiger partial charge is 0.267 e. The highest BCUT2D eigenvalue weighted by atomic mass is 19.3. The third kappa shape index (κ3) is 2.74. The first kappa shape index (κ1) is 12.7. The molecule has 2 heterocycles. The summed E-state index contributed by atoms with van der Waals surface area (Å²) in [5.74, 6) is -3.06. The number of halogens is 2. The van der Waals surface area contributed by atoms with Crippen LogP contribution in [0.5, 0.6) is 0 Å². The molecule has 0 aromatic heterocycles. The molecule has 1 atom stereocenters. The maximum absolute atomic E-state index is 13.4. The molecule has 0 bridgehead atoms. The predicted molar refractivity (Wildman–Crippen MR) is 57.9 cm³/mol. The molecule has 6 heteroatoms. The number of likely N-dealkylation sites (tertiary alicyclic amines) is 1. The fourth-order valence-corrected chi connectivity index (χ4v) is 2.26. The topological polar surface area (TPSA) is 41.6 Å². The number of nitrogens with zero attached hydrogens (tertiary/aromatic N) is 1. The van der Waals surface area contributed by atoms with Crippen molar-refractivity contribution in [3.63, 3.8) is 0 Å². The molecule has 2 rings (SSSR count). The monoisotopic (exact) mass is 248 g/mol. The molecular formula is C11H18F2N2O2. The van der Waals surface area contributed by atoms with Crippen LogP contribution < -0.4 is 5.32 Å². The number of amides is 1. The molecule has 1 N–H and O–H groups in total. The van der Waals surface area contributed by atoms with Gasteiger partial charge in [-0.25, -0.2) is 8.78 Å². The minimum absolute atomic E-state index is 0.131. The van der Waals surface area contributed by atoms with Gasteiger partial charge in [-0.2, -0.15) is 0 Å². The highest BCUT2D eigenvalue weighted by molar-refractivity contribution is 5.81. The fourth-order valence-electron chi connectivity index (χ4n) is 2.26. The maximum atomic E-state index is 13.4. The first-order valence-corrected chi connectivity index (χ1v) is 6.00. The molecule has 0 aromatic rings. The highest BCUT2D eigenvalue weighted by Crippen LogP contribution is 2.33. The van der Waals surface area contributed by atoms with E-state index in [0.717, 1.165) is 0 Å². The van der Waals surface area contributed by atoms with Crippen molar-refractivity contribution in [2.45, 2.75) is 25.3 Å². The van der Waals surface area contributed by atoms with Gasteiger partial charge in [-0.15, -0.1) is 0 Å². The van der Waals surface area contributed by atoms with Crippen LogP contribution in [0.2, 0.25) is 0 Å². The summed E-state index contributed by atoms with van der Waals surface area (Å²) < 4.78 is 31.9. The van der Waals surface area contributed by atoms with Gasteiger partial charge in [0.05, 0.1) is 25.1 Å². The Kier molecular flexibility index (Phi) is 3.63. The van der Waals surface area contributed by atoms with Crippen molar-refractivity contribution in [1.82, 2.24) is 10.2 Å². The summed E-state index contributed by atoms with van der Waals surface area (Å²) in [7, 11) is 0. The molecule has 2 saturated heterocycles. The second-order valence-corrected chi connectivity index (χ2v) is 4.69. The van der Waals surface area contributed by atoms with Crippen molar-refractivity contribution >= 4 is 5.91 Å². The molecule has 17 heavy (non-hydrogen) atoms. The van der Waals surface area contributed by atoms with Crippen LogP contribution in [0.25, 0.3) is 0 Å². The zero-order valence-electron chi connectivity index (χ0n) is 9.92. The summed E-state index contributed by atoms with van der Waals surface area (Å²) in [6, 6.07) is -0.474. The van der Waals surface area contributed by atoms with E-state index in [9.17, 15) is 13.6 Å². The van der Waals surface area contributed by atoms with Crippen molar-refractivity contribution < 1.29 is 18.3 Å². The third-order valence-electron chi connectivity index (χ3n) is 3.30.